The zero-order chi connectivity index (χ0) is 11.7. The number of H-pyrrole nitrogens is 1. The van der Waals surface area contributed by atoms with Crippen molar-refractivity contribution in [2.75, 3.05) is 0 Å². The van der Waals surface area contributed by atoms with Crippen LogP contribution < -0.4 is 5.56 Å². The quantitative estimate of drug-likeness (QED) is 0.797. The first-order valence-corrected chi connectivity index (χ1v) is 5.01. The van der Waals surface area contributed by atoms with Crippen LogP contribution in [0.1, 0.15) is 5.56 Å². The van der Waals surface area contributed by atoms with E-state index in [0.717, 1.165) is 0 Å². The average Bonchev–Trinajstić information content (AvgIpc) is 2.25. The zero-order valence-electron chi connectivity index (χ0n) is 8.49. The normalized spacial score (nSPS) is 10.4. The molecule has 1 heterocycles. The maximum absolute atomic E-state index is 11.4. The lowest BCUT2D eigenvalue weighted by Crippen LogP contribution is -2.12. The van der Waals surface area contributed by atoms with E-state index in [-0.39, 0.29) is 17.0 Å². The molecule has 16 heavy (non-hydrogen) atoms. The number of benzene rings is 1. The third kappa shape index (κ3) is 1.92. The number of hydrogen-bond acceptors (Lipinski definition) is 3. The molecule has 0 unspecified atom stereocenters. The number of nitrogens with one attached hydrogen (secondary N) is 1. The van der Waals surface area contributed by atoms with Gasteiger partial charge in [-0.3, -0.25) is 4.79 Å². The molecule has 2 aromatic rings. The van der Waals surface area contributed by atoms with Crippen molar-refractivity contribution in [3.8, 4) is 17.3 Å². The summed E-state index contributed by atoms with van der Waals surface area (Å²) in [6.45, 7) is 1.50. The molecule has 0 aliphatic rings. The molecule has 0 fully saturated rings. The molecule has 0 aliphatic heterocycles. The van der Waals surface area contributed by atoms with Crippen molar-refractivity contribution in [3.05, 3.63) is 45.2 Å². The number of hydrogen-bond donors (Lipinski definition) is 2. The van der Waals surface area contributed by atoms with Gasteiger partial charge in [-0.25, -0.2) is 0 Å². The van der Waals surface area contributed by atoms with Gasteiger partial charge in [-0.15, -0.1) is 0 Å². The van der Waals surface area contributed by atoms with Crippen LogP contribution in [0.3, 0.4) is 0 Å². The van der Waals surface area contributed by atoms with Crippen molar-refractivity contribution in [2.45, 2.75) is 6.92 Å². The van der Waals surface area contributed by atoms with Crippen LogP contribution in [0.15, 0.2) is 29.1 Å². The molecule has 0 saturated carbocycles. The Morgan fingerprint density at radius 3 is 2.81 bits per heavy atom. The highest BCUT2D eigenvalue weighted by Crippen LogP contribution is 2.20. The second-order valence-electron chi connectivity index (χ2n) is 3.37. The van der Waals surface area contributed by atoms with Crippen molar-refractivity contribution in [2.24, 2.45) is 0 Å². The van der Waals surface area contributed by atoms with Crippen LogP contribution >= 0.6 is 11.6 Å². The number of aromatic amines is 1. The minimum atomic E-state index is -0.359. The standard InChI is InChI=1S/C11H9ClN2O2/c1-6-10(15)13-9(14-11(6)16)7-3-2-4-8(12)5-7/h2-5H,1H3,(H2,13,14,15,16). The molecule has 1 aromatic heterocycles. The molecule has 5 heteroatoms. The Balaban J connectivity index is 2.61. The van der Waals surface area contributed by atoms with E-state index in [2.05, 4.69) is 9.97 Å². The summed E-state index contributed by atoms with van der Waals surface area (Å²) in [6.07, 6.45) is 0. The molecule has 0 saturated heterocycles. The molecule has 1 aromatic carbocycles. The van der Waals surface area contributed by atoms with Crippen LogP contribution in [0.2, 0.25) is 5.02 Å². The predicted octanol–water partition coefficient (Wildman–Crippen LogP) is 2.10. The van der Waals surface area contributed by atoms with Crippen LogP contribution in [0.25, 0.3) is 11.4 Å². The summed E-state index contributed by atoms with van der Waals surface area (Å²) in [5, 5.41) is 9.99. The van der Waals surface area contributed by atoms with E-state index in [0.29, 0.717) is 16.4 Å². The summed E-state index contributed by atoms with van der Waals surface area (Å²) < 4.78 is 0. The first kappa shape index (κ1) is 10.7. The third-order valence-electron chi connectivity index (χ3n) is 2.22. The van der Waals surface area contributed by atoms with Crippen molar-refractivity contribution in [3.63, 3.8) is 0 Å². The Bertz CT molecular complexity index is 593. The van der Waals surface area contributed by atoms with E-state index in [1.807, 2.05) is 0 Å². The fraction of sp³-hybridized carbons (Fsp3) is 0.0909. The summed E-state index contributed by atoms with van der Waals surface area (Å²) in [6, 6.07) is 6.87. The second-order valence-corrected chi connectivity index (χ2v) is 3.81. The van der Waals surface area contributed by atoms with E-state index < -0.39 is 0 Å². The van der Waals surface area contributed by atoms with Crippen LogP contribution in [0.4, 0.5) is 0 Å². The van der Waals surface area contributed by atoms with Gasteiger partial charge in [0.05, 0.1) is 5.56 Å². The number of aromatic hydroxyl groups is 1. The maximum Gasteiger partial charge on any atom is 0.257 e. The van der Waals surface area contributed by atoms with Gasteiger partial charge in [-0.2, -0.15) is 4.98 Å². The highest BCUT2D eigenvalue weighted by atomic mass is 35.5. The van der Waals surface area contributed by atoms with Gasteiger partial charge in [0.25, 0.3) is 5.56 Å². The van der Waals surface area contributed by atoms with Gasteiger partial charge < -0.3 is 10.1 Å². The van der Waals surface area contributed by atoms with E-state index >= 15 is 0 Å². The lowest BCUT2D eigenvalue weighted by Gasteiger charge is -2.03. The number of aromatic nitrogens is 2. The van der Waals surface area contributed by atoms with Gasteiger partial charge in [-0.05, 0) is 19.1 Å². The maximum atomic E-state index is 11.4. The smallest absolute Gasteiger partial charge is 0.257 e. The summed E-state index contributed by atoms with van der Waals surface area (Å²) >= 11 is 5.82. The SMILES string of the molecule is Cc1c(O)nc(-c2cccc(Cl)c2)[nH]c1=O. The first-order valence-electron chi connectivity index (χ1n) is 4.64. The average molecular weight is 237 g/mol. The van der Waals surface area contributed by atoms with E-state index in [1.165, 1.54) is 6.92 Å². The van der Waals surface area contributed by atoms with Crippen molar-refractivity contribution in [1.29, 1.82) is 0 Å². The topological polar surface area (TPSA) is 66.0 Å². The Morgan fingerprint density at radius 1 is 1.44 bits per heavy atom. The summed E-state index contributed by atoms with van der Waals surface area (Å²) in [4.78, 5) is 17.9. The number of nitrogens with zero attached hydrogens (tertiary/aromatic N) is 1. The summed E-state index contributed by atoms with van der Waals surface area (Å²) in [5.74, 6) is 0.0364. The second kappa shape index (κ2) is 3.98. The number of rotatable bonds is 1. The minimum Gasteiger partial charge on any atom is -0.493 e. The Kier molecular flexibility index (Phi) is 2.66. The molecule has 0 atom stereocenters. The van der Waals surface area contributed by atoms with Gasteiger partial charge in [0.15, 0.2) is 0 Å². The molecular weight excluding hydrogens is 228 g/mol. The third-order valence-corrected chi connectivity index (χ3v) is 2.46. The van der Waals surface area contributed by atoms with E-state index in [1.54, 1.807) is 24.3 Å². The van der Waals surface area contributed by atoms with Crippen molar-refractivity contribution < 1.29 is 5.11 Å². The molecule has 0 radical (unpaired) electrons. The van der Waals surface area contributed by atoms with Crippen molar-refractivity contribution >= 4 is 11.6 Å². The zero-order valence-corrected chi connectivity index (χ0v) is 9.25. The minimum absolute atomic E-state index is 0.200. The van der Waals surface area contributed by atoms with Gasteiger partial charge in [0, 0.05) is 10.6 Å². The monoisotopic (exact) mass is 236 g/mol. The molecule has 0 spiro atoms. The van der Waals surface area contributed by atoms with Gasteiger partial charge in [0.2, 0.25) is 5.88 Å². The molecular formula is C11H9ClN2O2. The Morgan fingerprint density at radius 2 is 2.19 bits per heavy atom. The summed E-state index contributed by atoms with van der Waals surface area (Å²) in [5.41, 5.74) is 0.494. The van der Waals surface area contributed by atoms with Gasteiger partial charge in [-0.1, -0.05) is 23.7 Å². The van der Waals surface area contributed by atoms with E-state index in [4.69, 9.17) is 11.6 Å². The highest BCUT2D eigenvalue weighted by Gasteiger charge is 2.07. The van der Waals surface area contributed by atoms with Gasteiger partial charge in [0.1, 0.15) is 5.82 Å². The fourth-order valence-corrected chi connectivity index (χ4v) is 1.48. The molecule has 2 N–H and O–H groups in total. The van der Waals surface area contributed by atoms with E-state index in [9.17, 15) is 9.90 Å². The predicted molar refractivity (Wildman–Crippen MR) is 61.7 cm³/mol. The molecule has 0 bridgehead atoms. The molecule has 0 aliphatic carbocycles. The Hall–Kier alpha value is -1.81. The fourth-order valence-electron chi connectivity index (χ4n) is 1.29. The van der Waals surface area contributed by atoms with Crippen LogP contribution in [-0.4, -0.2) is 15.1 Å². The lowest BCUT2D eigenvalue weighted by atomic mass is 10.2. The summed E-state index contributed by atoms with van der Waals surface area (Å²) in [7, 11) is 0. The molecule has 0 amide bonds. The van der Waals surface area contributed by atoms with Crippen LogP contribution in [0, 0.1) is 6.92 Å². The molecule has 4 nitrogen and oxygen atoms in total. The Labute approximate surface area is 96.6 Å². The number of halogens is 1. The molecule has 2 rings (SSSR count). The van der Waals surface area contributed by atoms with Crippen LogP contribution in [-0.2, 0) is 0 Å². The van der Waals surface area contributed by atoms with Crippen LogP contribution in [0.5, 0.6) is 5.88 Å². The van der Waals surface area contributed by atoms with Gasteiger partial charge >= 0.3 is 0 Å². The largest absolute Gasteiger partial charge is 0.493 e. The lowest BCUT2D eigenvalue weighted by molar-refractivity contribution is 0.447. The van der Waals surface area contributed by atoms with Crippen molar-refractivity contribution in [1.82, 2.24) is 9.97 Å². The first-order chi connectivity index (χ1) is 7.58. The highest BCUT2D eigenvalue weighted by molar-refractivity contribution is 6.30. The molecule has 82 valence electrons.